The van der Waals surface area contributed by atoms with E-state index < -0.39 is 0 Å². The molecule has 0 saturated heterocycles. The molecule has 0 aliphatic heterocycles. The molecular formula is C18H14IN. The maximum atomic E-state index is 2.46. The molecular weight excluding hydrogens is 357 g/mol. The Morgan fingerprint density at radius 3 is 2.45 bits per heavy atom. The first kappa shape index (κ1) is 12.2. The fourth-order valence-corrected chi connectivity index (χ4v) is 3.64. The van der Waals surface area contributed by atoms with Crippen LogP contribution in [-0.4, -0.2) is 4.57 Å². The van der Waals surface area contributed by atoms with E-state index in [-0.39, 0.29) is 0 Å². The fraction of sp³-hybridized carbons (Fsp3) is 0.111. The Bertz CT molecular complexity index is 812. The van der Waals surface area contributed by atoms with Gasteiger partial charge in [-0.2, -0.15) is 0 Å². The number of hydrogen-bond donors (Lipinski definition) is 0. The second kappa shape index (κ2) is 4.77. The van der Waals surface area contributed by atoms with E-state index in [1.165, 1.54) is 31.4 Å². The van der Waals surface area contributed by atoms with Crippen LogP contribution in [0.25, 0.3) is 22.7 Å². The van der Waals surface area contributed by atoms with Crippen LogP contribution in [0.4, 0.5) is 0 Å². The lowest BCUT2D eigenvalue weighted by molar-refractivity contribution is 0.885. The minimum atomic E-state index is 1.12. The van der Waals surface area contributed by atoms with Gasteiger partial charge in [0.15, 0.2) is 0 Å². The summed E-state index contributed by atoms with van der Waals surface area (Å²) in [6.07, 6.45) is 4.62. The molecule has 20 heavy (non-hydrogen) atoms. The van der Waals surface area contributed by atoms with Gasteiger partial charge in [-0.25, -0.2) is 0 Å². The zero-order valence-electron chi connectivity index (χ0n) is 11.0. The van der Waals surface area contributed by atoms with Crippen LogP contribution >= 0.6 is 22.6 Å². The Labute approximate surface area is 132 Å². The Balaban J connectivity index is 2.12. The lowest BCUT2D eigenvalue weighted by atomic mass is 10.0. The second-order valence-electron chi connectivity index (χ2n) is 5.14. The number of halogens is 1. The number of fused-ring (bicyclic) bond motifs is 3. The Hall–Kier alpha value is -1.55. The van der Waals surface area contributed by atoms with Gasteiger partial charge in [0, 0.05) is 22.3 Å². The highest BCUT2D eigenvalue weighted by Crippen LogP contribution is 2.36. The third-order valence-electron chi connectivity index (χ3n) is 3.93. The summed E-state index contributed by atoms with van der Waals surface area (Å²) in [7, 11) is 0. The molecule has 0 atom stereocenters. The van der Waals surface area contributed by atoms with Crippen molar-refractivity contribution in [3.63, 3.8) is 0 Å². The van der Waals surface area contributed by atoms with Gasteiger partial charge >= 0.3 is 0 Å². The van der Waals surface area contributed by atoms with Crippen molar-refractivity contribution in [2.24, 2.45) is 0 Å². The van der Waals surface area contributed by atoms with Gasteiger partial charge in [-0.05, 0) is 63.3 Å². The number of para-hydroxylation sites is 2. The normalized spacial score (nSPS) is 14.2. The first-order valence-electron chi connectivity index (χ1n) is 6.88. The lowest BCUT2D eigenvalue weighted by Gasteiger charge is -2.14. The van der Waals surface area contributed by atoms with E-state index in [2.05, 4.69) is 87.8 Å². The number of hydrogen-bond acceptors (Lipinski definition) is 0. The number of benzene rings is 2. The molecule has 2 heteroatoms. The van der Waals surface area contributed by atoms with Gasteiger partial charge in [0.25, 0.3) is 0 Å². The lowest BCUT2D eigenvalue weighted by Crippen LogP contribution is -2.03. The molecule has 0 spiro atoms. The molecule has 0 unspecified atom stereocenters. The highest BCUT2D eigenvalue weighted by Gasteiger charge is 2.19. The summed E-state index contributed by atoms with van der Waals surface area (Å²) in [5.41, 5.74) is 5.42. The Kier molecular flexibility index (Phi) is 2.91. The Morgan fingerprint density at radius 1 is 0.850 bits per heavy atom. The summed E-state index contributed by atoms with van der Waals surface area (Å²) >= 11 is 2.46. The van der Waals surface area contributed by atoms with Crippen LogP contribution < -0.4 is 0 Å². The smallest absolute Gasteiger partial charge is 0.0537 e. The largest absolute Gasteiger partial charge is 0.313 e. The SMILES string of the molecule is IC1=Cc2c(n(-c3ccccc3)c3ccccc23)CC1. The number of rotatable bonds is 1. The fourth-order valence-electron chi connectivity index (χ4n) is 3.06. The maximum Gasteiger partial charge on any atom is 0.0537 e. The van der Waals surface area contributed by atoms with Gasteiger partial charge in [-0.3, -0.25) is 0 Å². The third-order valence-corrected chi connectivity index (χ3v) is 4.78. The summed E-state index contributed by atoms with van der Waals surface area (Å²) in [5, 5.41) is 1.36. The van der Waals surface area contributed by atoms with Crippen molar-refractivity contribution in [3.05, 3.63) is 69.4 Å². The molecule has 3 aromatic rings. The summed E-state index contributed by atoms with van der Waals surface area (Å²) in [6.45, 7) is 0. The minimum absolute atomic E-state index is 1.12. The number of nitrogens with zero attached hydrogens (tertiary/aromatic N) is 1. The molecule has 1 aliphatic rings. The van der Waals surface area contributed by atoms with Crippen LogP contribution in [0.15, 0.2) is 58.2 Å². The maximum absolute atomic E-state index is 2.46. The standard InChI is InChI=1S/C18H14IN/c19-13-10-11-18-16(12-13)15-8-4-5-9-17(15)20(18)14-6-2-1-3-7-14/h1-9,12H,10-11H2. The highest BCUT2D eigenvalue weighted by atomic mass is 127. The van der Waals surface area contributed by atoms with E-state index >= 15 is 0 Å². The van der Waals surface area contributed by atoms with E-state index in [4.69, 9.17) is 0 Å². The van der Waals surface area contributed by atoms with Gasteiger partial charge in [-0.1, -0.05) is 36.4 Å². The first-order chi connectivity index (χ1) is 9.84. The van der Waals surface area contributed by atoms with Crippen LogP contribution in [0.2, 0.25) is 0 Å². The van der Waals surface area contributed by atoms with Crippen LogP contribution in [0.1, 0.15) is 17.7 Å². The van der Waals surface area contributed by atoms with Crippen LogP contribution in [0.5, 0.6) is 0 Å². The van der Waals surface area contributed by atoms with Gasteiger partial charge in [0.2, 0.25) is 0 Å². The van der Waals surface area contributed by atoms with E-state index in [0.717, 1.165) is 12.8 Å². The predicted molar refractivity (Wildman–Crippen MR) is 93.6 cm³/mol. The van der Waals surface area contributed by atoms with Crippen molar-refractivity contribution >= 4 is 39.6 Å². The number of aromatic nitrogens is 1. The molecule has 1 aromatic heterocycles. The van der Waals surface area contributed by atoms with E-state index in [1.807, 2.05) is 0 Å². The van der Waals surface area contributed by atoms with E-state index in [0.29, 0.717) is 0 Å². The predicted octanol–water partition coefficient (Wildman–Crippen LogP) is 5.35. The zero-order chi connectivity index (χ0) is 13.5. The average molecular weight is 371 g/mol. The average Bonchev–Trinajstić information content (AvgIpc) is 2.82. The van der Waals surface area contributed by atoms with Crippen molar-refractivity contribution in [2.45, 2.75) is 12.8 Å². The molecule has 0 saturated carbocycles. The topological polar surface area (TPSA) is 4.93 Å². The van der Waals surface area contributed by atoms with Gasteiger partial charge < -0.3 is 4.57 Å². The van der Waals surface area contributed by atoms with Crippen molar-refractivity contribution in [3.8, 4) is 5.69 Å². The Morgan fingerprint density at radius 2 is 1.60 bits per heavy atom. The molecule has 4 rings (SSSR count). The van der Waals surface area contributed by atoms with Crippen LogP contribution in [0, 0.1) is 0 Å². The summed E-state index contributed by atoms with van der Waals surface area (Å²) in [6, 6.07) is 19.4. The molecule has 98 valence electrons. The highest BCUT2D eigenvalue weighted by molar-refractivity contribution is 14.1. The van der Waals surface area contributed by atoms with Crippen molar-refractivity contribution in [1.82, 2.24) is 4.57 Å². The molecule has 1 nitrogen and oxygen atoms in total. The quantitative estimate of drug-likeness (QED) is 0.508. The molecule has 0 amide bonds. The monoisotopic (exact) mass is 371 g/mol. The molecule has 2 aromatic carbocycles. The van der Waals surface area contributed by atoms with Crippen molar-refractivity contribution < 1.29 is 0 Å². The summed E-state index contributed by atoms with van der Waals surface area (Å²) < 4.78 is 3.87. The minimum Gasteiger partial charge on any atom is -0.313 e. The van der Waals surface area contributed by atoms with Crippen molar-refractivity contribution in [2.75, 3.05) is 0 Å². The van der Waals surface area contributed by atoms with E-state index in [9.17, 15) is 0 Å². The first-order valence-corrected chi connectivity index (χ1v) is 7.96. The van der Waals surface area contributed by atoms with Gasteiger partial charge in [-0.15, -0.1) is 0 Å². The third kappa shape index (κ3) is 1.82. The molecule has 0 N–H and O–H groups in total. The molecule has 1 heterocycles. The molecule has 0 bridgehead atoms. The number of allylic oxidation sites excluding steroid dienone is 1. The molecule has 1 aliphatic carbocycles. The van der Waals surface area contributed by atoms with Gasteiger partial charge in [0.05, 0.1) is 5.52 Å². The molecule has 0 fully saturated rings. The zero-order valence-corrected chi connectivity index (χ0v) is 13.2. The van der Waals surface area contributed by atoms with Crippen LogP contribution in [-0.2, 0) is 6.42 Å². The van der Waals surface area contributed by atoms with Crippen LogP contribution in [0.3, 0.4) is 0 Å². The summed E-state index contributed by atoms with van der Waals surface area (Å²) in [4.78, 5) is 0. The summed E-state index contributed by atoms with van der Waals surface area (Å²) in [5.74, 6) is 0. The van der Waals surface area contributed by atoms with Crippen molar-refractivity contribution in [1.29, 1.82) is 0 Å². The molecule has 0 radical (unpaired) electrons. The van der Waals surface area contributed by atoms with Gasteiger partial charge in [0.1, 0.15) is 0 Å². The van der Waals surface area contributed by atoms with E-state index in [1.54, 1.807) is 0 Å². The second-order valence-corrected chi connectivity index (χ2v) is 6.53.